The molecule has 2 N–H and O–H groups in total. The first kappa shape index (κ1) is 17.0. The first-order valence-electron chi connectivity index (χ1n) is 6.61. The van der Waals surface area contributed by atoms with Crippen molar-refractivity contribution in [2.24, 2.45) is 0 Å². The summed E-state index contributed by atoms with van der Waals surface area (Å²) in [7, 11) is 0. The van der Waals surface area contributed by atoms with Gasteiger partial charge in [-0.2, -0.15) is 18.8 Å². The first-order valence-corrected chi connectivity index (χ1v) is 6.61. The molecule has 0 atom stereocenters. The van der Waals surface area contributed by atoms with Crippen LogP contribution in [0.1, 0.15) is 17.0 Å². The summed E-state index contributed by atoms with van der Waals surface area (Å²) in [4.78, 5) is 18.2. The molecule has 0 saturated heterocycles. The highest BCUT2D eigenvalue weighted by atomic mass is 19.3. The van der Waals surface area contributed by atoms with E-state index in [1.807, 2.05) is 0 Å². The number of hydrogen-bond donors (Lipinski definition) is 2. The fraction of sp³-hybridized carbons (Fsp3) is 0.214. The van der Waals surface area contributed by atoms with Gasteiger partial charge in [-0.15, -0.1) is 0 Å². The molecule has 0 aliphatic carbocycles. The van der Waals surface area contributed by atoms with Gasteiger partial charge in [0.25, 0.3) is 5.69 Å². The standard InChI is InChI=1S/C14H11F2N5O3/c15-14(16,11-3-1-2-4-21(11)24)8-19-13-18-7-9(6-17)10(20-13)5-12(22)23/h1-4,7H,5,8H2,(H,22,23)(H,18,19,20). The summed E-state index contributed by atoms with van der Waals surface area (Å²) in [5, 5.41) is 31.3. The molecule has 8 nitrogen and oxygen atoms in total. The van der Waals surface area contributed by atoms with Crippen LogP contribution in [0.15, 0.2) is 30.6 Å². The minimum absolute atomic E-state index is 0.0528. The maximum absolute atomic E-state index is 14.1. The van der Waals surface area contributed by atoms with Crippen molar-refractivity contribution in [3.05, 3.63) is 52.8 Å². The highest BCUT2D eigenvalue weighted by Gasteiger charge is 2.39. The van der Waals surface area contributed by atoms with Gasteiger partial charge in [0.15, 0.2) is 6.20 Å². The Hall–Kier alpha value is -3.35. The van der Waals surface area contributed by atoms with Gasteiger partial charge in [0.05, 0.1) is 30.4 Å². The van der Waals surface area contributed by atoms with Crippen LogP contribution >= 0.6 is 0 Å². The molecule has 2 heterocycles. The number of aromatic nitrogens is 3. The average molecular weight is 335 g/mol. The highest BCUT2D eigenvalue weighted by Crippen LogP contribution is 2.25. The van der Waals surface area contributed by atoms with Crippen LogP contribution in [0.4, 0.5) is 14.7 Å². The second-order valence-corrected chi connectivity index (χ2v) is 4.71. The van der Waals surface area contributed by atoms with Gasteiger partial charge < -0.3 is 15.6 Å². The van der Waals surface area contributed by atoms with E-state index in [9.17, 15) is 18.8 Å². The van der Waals surface area contributed by atoms with Gasteiger partial charge in [-0.05, 0) is 6.07 Å². The summed E-state index contributed by atoms with van der Waals surface area (Å²) < 4.78 is 28.2. The molecule has 0 aliphatic rings. The number of nitriles is 1. The Morgan fingerprint density at radius 3 is 2.88 bits per heavy atom. The molecule has 0 aromatic carbocycles. The molecule has 2 rings (SSSR count). The van der Waals surface area contributed by atoms with Crippen molar-refractivity contribution in [3.8, 4) is 6.07 Å². The number of carboxylic acid groups (broad SMARTS) is 1. The third-order valence-electron chi connectivity index (χ3n) is 2.97. The van der Waals surface area contributed by atoms with E-state index in [1.165, 1.54) is 12.1 Å². The number of rotatable bonds is 6. The summed E-state index contributed by atoms with van der Waals surface area (Å²) in [6, 6.07) is 5.34. The Morgan fingerprint density at radius 1 is 1.50 bits per heavy atom. The smallest absolute Gasteiger partial charge is 0.347 e. The Balaban J connectivity index is 2.18. The van der Waals surface area contributed by atoms with Gasteiger partial charge in [-0.3, -0.25) is 4.79 Å². The summed E-state index contributed by atoms with van der Waals surface area (Å²) in [5.74, 6) is -5.00. The summed E-state index contributed by atoms with van der Waals surface area (Å²) in [5.41, 5.74) is -0.906. The van der Waals surface area contributed by atoms with Crippen LogP contribution in [0.25, 0.3) is 0 Å². The van der Waals surface area contributed by atoms with Crippen LogP contribution in [0, 0.1) is 16.5 Å². The van der Waals surface area contributed by atoms with Crippen molar-refractivity contribution in [1.29, 1.82) is 5.26 Å². The molecule has 10 heteroatoms. The zero-order chi connectivity index (χ0) is 17.7. The predicted octanol–water partition coefficient (Wildman–Crippen LogP) is 0.813. The quantitative estimate of drug-likeness (QED) is 0.591. The van der Waals surface area contributed by atoms with Crippen LogP contribution in [0.2, 0.25) is 0 Å². The molecule has 0 aliphatic heterocycles. The lowest BCUT2D eigenvalue weighted by molar-refractivity contribution is -0.624. The van der Waals surface area contributed by atoms with Gasteiger partial charge in [0.2, 0.25) is 5.95 Å². The zero-order valence-electron chi connectivity index (χ0n) is 12.1. The molecule has 0 unspecified atom stereocenters. The molecule has 0 fully saturated rings. The number of anilines is 1. The van der Waals surface area contributed by atoms with Crippen molar-refractivity contribution >= 4 is 11.9 Å². The molecule has 124 valence electrons. The summed E-state index contributed by atoms with van der Waals surface area (Å²) in [6.45, 7) is -0.975. The van der Waals surface area contributed by atoms with Crippen molar-refractivity contribution in [3.63, 3.8) is 0 Å². The second-order valence-electron chi connectivity index (χ2n) is 4.71. The number of alkyl halides is 2. The number of aliphatic carboxylic acids is 1. The summed E-state index contributed by atoms with van der Waals surface area (Å²) >= 11 is 0. The third kappa shape index (κ3) is 3.89. The maximum Gasteiger partial charge on any atom is 0.347 e. The minimum atomic E-state index is -3.51. The number of nitrogens with zero attached hydrogens (tertiary/aromatic N) is 4. The topological polar surface area (TPSA) is 126 Å². The van der Waals surface area contributed by atoms with Crippen LogP contribution in [0.3, 0.4) is 0 Å². The molecular weight excluding hydrogens is 324 g/mol. The van der Waals surface area contributed by atoms with Crippen molar-refractivity contribution in [2.45, 2.75) is 12.3 Å². The number of halogens is 2. The van der Waals surface area contributed by atoms with E-state index >= 15 is 0 Å². The van der Waals surface area contributed by atoms with E-state index in [0.29, 0.717) is 0 Å². The van der Waals surface area contributed by atoms with Gasteiger partial charge in [0, 0.05) is 12.1 Å². The van der Waals surface area contributed by atoms with Crippen molar-refractivity contribution in [1.82, 2.24) is 9.97 Å². The lowest BCUT2D eigenvalue weighted by atomic mass is 10.2. The largest absolute Gasteiger partial charge is 0.618 e. The van der Waals surface area contributed by atoms with E-state index in [2.05, 4.69) is 15.3 Å². The van der Waals surface area contributed by atoms with Crippen molar-refractivity contribution < 1.29 is 23.4 Å². The monoisotopic (exact) mass is 335 g/mol. The Labute approximate surface area is 134 Å². The maximum atomic E-state index is 14.1. The summed E-state index contributed by atoms with van der Waals surface area (Å²) in [6.07, 6.45) is 1.45. The lowest BCUT2D eigenvalue weighted by Gasteiger charge is -2.16. The fourth-order valence-corrected chi connectivity index (χ4v) is 1.87. The number of carbonyl (C=O) groups is 1. The van der Waals surface area contributed by atoms with E-state index in [1.54, 1.807) is 6.07 Å². The molecule has 2 aromatic heterocycles. The van der Waals surface area contributed by atoms with E-state index in [4.69, 9.17) is 10.4 Å². The first-order chi connectivity index (χ1) is 11.3. The van der Waals surface area contributed by atoms with Crippen LogP contribution in [-0.2, 0) is 17.1 Å². The highest BCUT2D eigenvalue weighted by molar-refractivity contribution is 5.70. The van der Waals surface area contributed by atoms with E-state index < -0.39 is 30.6 Å². The second kappa shape index (κ2) is 6.82. The van der Waals surface area contributed by atoms with Gasteiger partial charge in [-0.1, -0.05) is 0 Å². The Morgan fingerprint density at radius 2 is 2.25 bits per heavy atom. The number of carboxylic acids is 1. The number of hydrogen-bond acceptors (Lipinski definition) is 6. The molecule has 2 aromatic rings. The van der Waals surface area contributed by atoms with Crippen LogP contribution < -0.4 is 10.0 Å². The SMILES string of the molecule is N#Cc1cnc(NCC(F)(F)c2cccc[n+]2[O-])nc1CC(=O)O. The average Bonchev–Trinajstić information content (AvgIpc) is 2.53. The molecule has 0 bridgehead atoms. The third-order valence-corrected chi connectivity index (χ3v) is 2.97. The molecule has 0 spiro atoms. The fourth-order valence-electron chi connectivity index (χ4n) is 1.87. The van der Waals surface area contributed by atoms with E-state index in [-0.39, 0.29) is 21.9 Å². The number of pyridine rings is 1. The van der Waals surface area contributed by atoms with Crippen LogP contribution in [-0.4, -0.2) is 27.6 Å². The molecule has 24 heavy (non-hydrogen) atoms. The molecule has 0 amide bonds. The van der Waals surface area contributed by atoms with Gasteiger partial charge >= 0.3 is 11.9 Å². The Bertz CT molecular complexity index is 807. The van der Waals surface area contributed by atoms with Gasteiger partial charge in [0.1, 0.15) is 6.07 Å². The van der Waals surface area contributed by atoms with E-state index in [0.717, 1.165) is 18.5 Å². The lowest BCUT2D eigenvalue weighted by Crippen LogP contribution is -2.41. The zero-order valence-corrected chi connectivity index (χ0v) is 12.1. The normalized spacial score (nSPS) is 10.9. The minimum Gasteiger partial charge on any atom is -0.618 e. The van der Waals surface area contributed by atoms with Crippen LogP contribution in [0.5, 0.6) is 0 Å². The molecule has 0 saturated carbocycles. The predicted molar refractivity (Wildman–Crippen MR) is 75.9 cm³/mol. The number of nitrogens with one attached hydrogen (secondary N) is 1. The molecular formula is C14H11F2N5O3. The van der Waals surface area contributed by atoms with Crippen molar-refractivity contribution in [2.75, 3.05) is 11.9 Å². The van der Waals surface area contributed by atoms with Gasteiger partial charge in [-0.25, -0.2) is 9.97 Å². The molecule has 0 radical (unpaired) electrons. The Kier molecular flexibility index (Phi) is 4.84.